The average molecular weight is 480 g/mol. The van der Waals surface area contributed by atoms with E-state index in [0.717, 1.165) is 18.2 Å². The van der Waals surface area contributed by atoms with E-state index in [4.69, 9.17) is 18.9 Å². The molecule has 34 heavy (non-hydrogen) atoms. The molecule has 0 unspecified atom stereocenters. The molecule has 1 fully saturated rings. The summed E-state index contributed by atoms with van der Waals surface area (Å²) >= 11 is 0. The van der Waals surface area contributed by atoms with Gasteiger partial charge in [0, 0.05) is 5.56 Å². The number of methoxy groups -OCH3 is 1. The molecule has 182 valence electrons. The summed E-state index contributed by atoms with van der Waals surface area (Å²) in [4.78, 5) is 25.1. The maximum absolute atomic E-state index is 12.6. The number of hydrogen-bond acceptors (Lipinski definition) is 13. The second-order valence-corrected chi connectivity index (χ2v) is 7.61. The lowest BCUT2D eigenvalue weighted by atomic mass is 9.86. The second-order valence-electron chi connectivity index (χ2n) is 7.61. The fourth-order valence-electron chi connectivity index (χ4n) is 4.00. The van der Waals surface area contributed by atoms with Crippen molar-refractivity contribution >= 4 is 11.9 Å². The number of carbonyl (C=O) groups excluding carboxylic acids is 2. The number of fused-ring (bicyclic) bond motifs is 3. The average Bonchev–Trinajstić information content (AvgIpc) is 2.79. The highest BCUT2D eigenvalue weighted by atomic mass is 16.6. The van der Waals surface area contributed by atoms with Crippen LogP contribution in [0.15, 0.2) is 18.2 Å². The minimum Gasteiger partial charge on any atom is -0.504 e. The molecule has 0 amide bonds. The molecule has 0 aromatic heterocycles. The molecule has 13 nitrogen and oxygen atoms in total. The summed E-state index contributed by atoms with van der Waals surface area (Å²) in [5.74, 6) is -6.21. The molecule has 0 aliphatic carbocycles. The van der Waals surface area contributed by atoms with Gasteiger partial charge in [0.05, 0.1) is 24.8 Å². The smallest absolute Gasteiger partial charge is 0.339 e. The zero-order chi connectivity index (χ0) is 24.9. The van der Waals surface area contributed by atoms with Crippen LogP contribution in [0, 0.1) is 0 Å². The summed E-state index contributed by atoms with van der Waals surface area (Å²) in [7, 11) is 1.17. The van der Waals surface area contributed by atoms with Crippen molar-refractivity contribution in [2.24, 2.45) is 0 Å². The van der Waals surface area contributed by atoms with E-state index in [0.29, 0.717) is 0 Å². The lowest BCUT2D eigenvalue weighted by Crippen LogP contribution is -2.59. The monoisotopic (exact) mass is 480 g/mol. The van der Waals surface area contributed by atoms with Gasteiger partial charge in [0.1, 0.15) is 18.3 Å². The summed E-state index contributed by atoms with van der Waals surface area (Å²) in [6.45, 7) is -0.774. The molecule has 2 aliphatic rings. The van der Waals surface area contributed by atoms with E-state index in [1.165, 1.54) is 7.11 Å². The van der Waals surface area contributed by atoms with E-state index in [2.05, 4.69) is 0 Å². The minimum absolute atomic E-state index is 0.161. The number of aliphatic hydroxyl groups excluding tert-OH is 2. The first-order valence-corrected chi connectivity index (χ1v) is 9.83. The van der Waals surface area contributed by atoms with Crippen molar-refractivity contribution in [3.05, 3.63) is 34.9 Å². The number of carbonyl (C=O) groups is 2. The number of aliphatic hydroxyl groups is 2. The second kappa shape index (κ2) is 8.44. The third kappa shape index (κ3) is 3.55. The van der Waals surface area contributed by atoms with Crippen LogP contribution in [0.4, 0.5) is 0 Å². The Morgan fingerprint density at radius 1 is 1.03 bits per heavy atom. The van der Waals surface area contributed by atoms with Crippen molar-refractivity contribution in [3.63, 3.8) is 0 Å². The van der Waals surface area contributed by atoms with Gasteiger partial charge in [-0.05, 0) is 18.2 Å². The molecule has 2 aliphatic heterocycles. The van der Waals surface area contributed by atoms with Crippen LogP contribution in [0.1, 0.15) is 32.4 Å². The Labute approximate surface area is 190 Å². The van der Waals surface area contributed by atoms with Gasteiger partial charge in [-0.1, -0.05) is 0 Å². The standard InChI is InChI=1S/C21H20O13/c1-31-16-10(25)4-7-12(14(16)27)18-19(34-21(7)30)15(28)17(11(5-22)32-18)33-20(29)6-2-8(23)13(26)9(24)3-6/h2-4,11,15,17-19,22-28H,5H2,1H3/t11-,15+,17-,18+,19-/m1/s1. The van der Waals surface area contributed by atoms with Crippen molar-refractivity contribution in [3.8, 4) is 34.5 Å². The molecule has 0 radical (unpaired) electrons. The molecule has 1 saturated heterocycles. The molecule has 13 heteroatoms. The summed E-state index contributed by atoms with van der Waals surface area (Å²) in [5, 5.41) is 69.9. The van der Waals surface area contributed by atoms with E-state index in [1.54, 1.807) is 0 Å². The lowest BCUT2D eigenvalue weighted by molar-refractivity contribution is -0.235. The number of phenols is 5. The molecule has 5 atom stereocenters. The first-order valence-electron chi connectivity index (χ1n) is 9.83. The van der Waals surface area contributed by atoms with Crippen LogP contribution in [-0.2, 0) is 14.2 Å². The van der Waals surface area contributed by atoms with Crippen LogP contribution >= 0.6 is 0 Å². The molecule has 0 saturated carbocycles. The number of phenolic OH excluding ortho intramolecular Hbond substituents is 5. The first kappa shape index (κ1) is 23.2. The van der Waals surface area contributed by atoms with Crippen LogP contribution in [0.3, 0.4) is 0 Å². The van der Waals surface area contributed by atoms with Gasteiger partial charge in [0.25, 0.3) is 0 Å². The highest BCUT2D eigenvalue weighted by molar-refractivity contribution is 5.95. The normalized spacial score (nSPS) is 25.6. The highest BCUT2D eigenvalue weighted by Gasteiger charge is 2.54. The number of esters is 2. The van der Waals surface area contributed by atoms with Crippen molar-refractivity contribution < 1.29 is 64.3 Å². The Hall–Kier alpha value is -3.94. The van der Waals surface area contributed by atoms with Crippen molar-refractivity contribution in [1.29, 1.82) is 0 Å². The van der Waals surface area contributed by atoms with E-state index >= 15 is 0 Å². The molecule has 7 N–H and O–H groups in total. The molecule has 2 aromatic carbocycles. The van der Waals surface area contributed by atoms with Crippen LogP contribution in [-0.4, -0.2) is 85.8 Å². The predicted molar refractivity (Wildman–Crippen MR) is 107 cm³/mol. The Bertz CT molecular complexity index is 1140. The molecular weight excluding hydrogens is 460 g/mol. The zero-order valence-electron chi connectivity index (χ0n) is 17.4. The molecule has 0 bridgehead atoms. The van der Waals surface area contributed by atoms with E-state index in [-0.39, 0.29) is 16.9 Å². The Morgan fingerprint density at radius 2 is 1.68 bits per heavy atom. The number of rotatable bonds is 4. The van der Waals surface area contributed by atoms with Gasteiger partial charge >= 0.3 is 11.9 Å². The summed E-state index contributed by atoms with van der Waals surface area (Å²) in [6.07, 6.45) is -7.54. The number of ether oxygens (including phenoxy) is 4. The van der Waals surface area contributed by atoms with Gasteiger partial charge in [-0.2, -0.15) is 0 Å². The highest BCUT2D eigenvalue weighted by Crippen LogP contribution is 2.50. The fourth-order valence-corrected chi connectivity index (χ4v) is 4.00. The summed E-state index contributed by atoms with van der Waals surface area (Å²) in [6, 6.07) is 2.60. The lowest BCUT2D eigenvalue weighted by Gasteiger charge is -2.45. The van der Waals surface area contributed by atoms with Crippen molar-refractivity contribution in [2.75, 3.05) is 13.7 Å². The fraction of sp³-hybridized carbons (Fsp3) is 0.333. The van der Waals surface area contributed by atoms with Crippen LogP contribution in [0.25, 0.3) is 0 Å². The van der Waals surface area contributed by atoms with Gasteiger partial charge < -0.3 is 54.7 Å². The Balaban J connectivity index is 1.68. The third-order valence-corrected chi connectivity index (χ3v) is 5.61. The molecule has 2 aromatic rings. The predicted octanol–water partition coefficient (Wildman–Crippen LogP) is -0.219. The van der Waals surface area contributed by atoms with Gasteiger partial charge in [-0.3, -0.25) is 0 Å². The van der Waals surface area contributed by atoms with Crippen LogP contribution in [0.2, 0.25) is 0 Å². The maximum atomic E-state index is 12.6. The van der Waals surface area contributed by atoms with Gasteiger partial charge in [0.2, 0.25) is 5.75 Å². The topological polar surface area (TPSA) is 213 Å². The van der Waals surface area contributed by atoms with Crippen molar-refractivity contribution in [1.82, 2.24) is 0 Å². The third-order valence-electron chi connectivity index (χ3n) is 5.61. The van der Waals surface area contributed by atoms with E-state index < -0.39 is 83.4 Å². The summed E-state index contributed by atoms with van der Waals surface area (Å²) in [5.41, 5.74) is -0.819. The van der Waals surface area contributed by atoms with Crippen LogP contribution < -0.4 is 4.74 Å². The largest absolute Gasteiger partial charge is 0.504 e. The van der Waals surface area contributed by atoms with E-state index in [1.807, 2.05) is 0 Å². The number of hydrogen-bond donors (Lipinski definition) is 7. The van der Waals surface area contributed by atoms with E-state index in [9.17, 15) is 45.3 Å². The quantitative estimate of drug-likeness (QED) is 0.223. The molecule has 4 rings (SSSR count). The Kier molecular flexibility index (Phi) is 5.77. The Morgan fingerprint density at radius 3 is 2.26 bits per heavy atom. The molecule has 2 heterocycles. The minimum atomic E-state index is -1.75. The number of benzene rings is 2. The van der Waals surface area contributed by atoms with Gasteiger partial charge in [0.15, 0.2) is 41.0 Å². The SMILES string of the molecule is COc1c(O)cc2c(c1O)[C@@H]1O[C@H](CO)[C@@H](OC(=O)c3cc(O)c(O)c(O)c3)[C@H](O)[C@H]1OC2=O. The number of aromatic hydroxyl groups is 5. The molecular formula is C21H20O13. The van der Waals surface area contributed by atoms with Gasteiger partial charge in [-0.25, -0.2) is 9.59 Å². The first-order chi connectivity index (χ1) is 16.1. The van der Waals surface area contributed by atoms with Crippen LogP contribution in [0.5, 0.6) is 34.5 Å². The van der Waals surface area contributed by atoms with Gasteiger partial charge in [-0.15, -0.1) is 0 Å². The zero-order valence-corrected chi connectivity index (χ0v) is 17.4. The summed E-state index contributed by atoms with van der Waals surface area (Å²) < 4.78 is 21.1. The maximum Gasteiger partial charge on any atom is 0.339 e. The molecule has 0 spiro atoms. The van der Waals surface area contributed by atoms with Crippen molar-refractivity contribution in [2.45, 2.75) is 30.5 Å².